The maximum absolute atomic E-state index is 5.10. The van der Waals surface area contributed by atoms with Crippen LogP contribution in [-0.4, -0.2) is 19.5 Å². The predicted molar refractivity (Wildman–Crippen MR) is 61.4 cm³/mol. The Hall–Kier alpha value is -0.930. The first-order valence-corrected chi connectivity index (χ1v) is 5.55. The van der Waals surface area contributed by atoms with Crippen LogP contribution in [0.1, 0.15) is 5.56 Å². The molecule has 1 fully saturated rings. The fourth-order valence-corrected chi connectivity index (χ4v) is 2.16. The lowest BCUT2D eigenvalue weighted by Gasteiger charge is -2.00. The summed E-state index contributed by atoms with van der Waals surface area (Å²) in [5.41, 5.74) is 1.23. The van der Waals surface area contributed by atoms with Crippen molar-refractivity contribution in [1.82, 2.24) is 5.32 Å². The molecule has 74 valence electrons. The van der Waals surface area contributed by atoms with Crippen LogP contribution in [0.3, 0.4) is 0 Å². The Balaban J connectivity index is 2.12. The molecule has 0 spiro atoms. The van der Waals surface area contributed by atoms with Crippen molar-refractivity contribution in [3.8, 4) is 5.75 Å². The average Bonchev–Trinajstić information content (AvgIpc) is 2.72. The number of methoxy groups -OCH3 is 1. The van der Waals surface area contributed by atoms with Gasteiger partial charge in [0.2, 0.25) is 0 Å². The summed E-state index contributed by atoms with van der Waals surface area (Å²) in [6, 6.07) is 8.12. The Morgan fingerprint density at radius 2 is 2.14 bits per heavy atom. The molecule has 1 aliphatic rings. The van der Waals surface area contributed by atoms with Crippen molar-refractivity contribution in [3.05, 3.63) is 34.7 Å². The summed E-state index contributed by atoms with van der Waals surface area (Å²) in [5, 5.41) is 3.29. The van der Waals surface area contributed by atoms with Crippen LogP contribution < -0.4 is 10.1 Å². The van der Waals surface area contributed by atoms with Crippen LogP contribution in [0.25, 0.3) is 6.08 Å². The first kappa shape index (κ1) is 9.62. The van der Waals surface area contributed by atoms with E-state index in [1.807, 2.05) is 23.9 Å². The Labute approximate surface area is 88.3 Å². The topological polar surface area (TPSA) is 21.3 Å². The monoisotopic (exact) mass is 207 g/mol. The normalized spacial score (nSPS) is 18.8. The van der Waals surface area contributed by atoms with E-state index in [0.29, 0.717) is 0 Å². The van der Waals surface area contributed by atoms with E-state index in [0.717, 1.165) is 18.2 Å². The third-order valence-electron chi connectivity index (χ3n) is 2.10. The SMILES string of the molecule is COc1ccc(C=C2CNCS2)cc1. The molecule has 0 radical (unpaired) electrons. The molecule has 1 aliphatic heterocycles. The van der Waals surface area contributed by atoms with Gasteiger partial charge in [0.1, 0.15) is 5.75 Å². The molecule has 1 saturated heterocycles. The van der Waals surface area contributed by atoms with Crippen LogP contribution in [0.15, 0.2) is 29.2 Å². The first-order chi connectivity index (χ1) is 6.88. The predicted octanol–water partition coefficient (Wildman–Crippen LogP) is 2.33. The van der Waals surface area contributed by atoms with Gasteiger partial charge in [0.05, 0.1) is 7.11 Å². The highest BCUT2D eigenvalue weighted by Gasteiger charge is 2.05. The highest BCUT2D eigenvalue weighted by Crippen LogP contribution is 2.22. The molecule has 14 heavy (non-hydrogen) atoms. The third-order valence-corrected chi connectivity index (χ3v) is 3.08. The molecule has 0 aromatic heterocycles. The zero-order valence-electron chi connectivity index (χ0n) is 8.12. The molecule has 0 saturated carbocycles. The number of hydrogen-bond donors (Lipinski definition) is 1. The van der Waals surface area contributed by atoms with Gasteiger partial charge in [-0.3, -0.25) is 0 Å². The van der Waals surface area contributed by atoms with Gasteiger partial charge in [0.25, 0.3) is 0 Å². The van der Waals surface area contributed by atoms with E-state index in [-0.39, 0.29) is 0 Å². The van der Waals surface area contributed by atoms with Gasteiger partial charge in [-0.1, -0.05) is 12.1 Å². The maximum atomic E-state index is 5.10. The molecule has 3 heteroatoms. The van der Waals surface area contributed by atoms with Gasteiger partial charge >= 0.3 is 0 Å². The third kappa shape index (κ3) is 2.30. The zero-order valence-corrected chi connectivity index (χ0v) is 8.93. The summed E-state index contributed by atoms with van der Waals surface area (Å²) in [7, 11) is 1.68. The van der Waals surface area contributed by atoms with Crippen LogP contribution in [-0.2, 0) is 0 Å². The summed E-state index contributed by atoms with van der Waals surface area (Å²) in [4.78, 5) is 1.40. The van der Waals surface area contributed by atoms with Crippen molar-refractivity contribution in [2.45, 2.75) is 0 Å². The van der Waals surface area contributed by atoms with E-state index < -0.39 is 0 Å². The second-order valence-corrected chi connectivity index (χ2v) is 4.20. The molecule has 1 N–H and O–H groups in total. The van der Waals surface area contributed by atoms with Crippen molar-refractivity contribution < 1.29 is 4.74 Å². The molecule has 1 aromatic carbocycles. The molecule has 1 aromatic rings. The van der Waals surface area contributed by atoms with Gasteiger partial charge in [-0.2, -0.15) is 0 Å². The van der Waals surface area contributed by atoms with Gasteiger partial charge in [-0.25, -0.2) is 0 Å². The summed E-state index contributed by atoms with van der Waals surface area (Å²) in [6.45, 7) is 0.997. The van der Waals surface area contributed by atoms with Crippen molar-refractivity contribution >= 4 is 17.8 Å². The fraction of sp³-hybridized carbons (Fsp3) is 0.273. The molecule has 1 heterocycles. The Kier molecular flexibility index (Phi) is 3.11. The van der Waals surface area contributed by atoms with E-state index in [1.165, 1.54) is 10.5 Å². The second kappa shape index (κ2) is 4.53. The number of rotatable bonds is 2. The van der Waals surface area contributed by atoms with Gasteiger partial charge in [-0.05, 0) is 23.8 Å². The smallest absolute Gasteiger partial charge is 0.118 e. The van der Waals surface area contributed by atoms with Crippen molar-refractivity contribution in [1.29, 1.82) is 0 Å². The van der Waals surface area contributed by atoms with Crippen LogP contribution >= 0.6 is 11.8 Å². The fourth-order valence-electron chi connectivity index (χ4n) is 1.35. The number of ether oxygens (including phenoxy) is 1. The quantitative estimate of drug-likeness (QED) is 0.804. The van der Waals surface area contributed by atoms with Crippen LogP contribution in [0, 0.1) is 0 Å². The number of nitrogens with one attached hydrogen (secondary N) is 1. The average molecular weight is 207 g/mol. The lowest BCUT2D eigenvalue weighted by Crippen LogP contribution is -2.04. The summed E-state index contributed by atoms with van der Waals surface area (Å²) >= 11 is 1.87. The Bertz CT molecular complexity index is 324. The standard InChI is InChI=1S/C11H13NOS/c1-13-10-4-2-9(3-5-10)6-11-7-12-8-14-11/h2-6,12H,7-8H2,1H3. The molecule has 0 aliphatic carbocycles. The second-order valence-electron chi connectivity index (χ2n) is 3.10. The number of thioether (sulfide) groups is 1. The van der Waals surface area contributed by atoms with Gasteiger partial charge < -0.3 is 10.1 Å². The van der Waals surface area contributed by atoms with Gasteiger partial charge in [0, 0.05) is 17.3 Å². The van der Waals surface area contributed by atoms with Crippen LogP contribution in [0.5, 0.6) is 5.75 Å². The van der Waals surface area contributed by atoms with E-state index in [9.17, 15) is 0 Å². The van der Waals surface area contributed by atoms with Crippen LogP contribution in [0.2, 0.25) is 0 Å². The molecule has 0 bridgehead atoms. The van der Waals surface area contributed by atoms with E-state index in [2.05, 4.69) is 23.5 Å². The lowest BCUT2D eigenvalue weighted by atomic mass is 10.2. The van der Waals surface area contributed by atoms with Crippen molar-refractivity contribution in [2.24, 2.45) is 0 Å². The summed E-state index contributed by atoms with van der Waals surface area (Å²) in [6.07, 6.45) is 2.21. The molecular formula is C11H13NOS. The Morgan fingerprint density at radius 1 is 1.36 bits per heavy atom. The maximum Gasteiger partial charge on any atom is 0.118 e. The first-order valence-electron chi connectivity index (χ1n) is 4.56. The highest BCUT2D eigenvalue weighted by molar-refractivity contribution is 8.03. The largest absolute Gasteiger partial charge is 0.497 e. The van der Waals surface area contributed by atoms with Gasteiger partial charge in [-0.15, -0.1) is 11.8 Å². The molecular weight excluding hydrogens is 194 g/mol. The molecule has 0 atom stereocenters. The minimum absolute atomic E-state index is 0.907. The van der Waals surface area contributed by atoms with Gasteiger partial charge in [0.15, 0.2) is 0 Å². The minimum Gasteiger partial charge on any atom is -0.497 e. The number of hydrogen-bond acceptors (Lipinski definition) is 3. The number of benzene rings is 1. The van der Waals surface area contributed by atoms with E-state index >= 15 is 0 Å². The van der Waals surface area contributed by atoms with E-state index in [1.54, 1.807) is 7.11 Å². The molecule has 0 amide bonds. The van der Waals surface area contributed by atoms with Crippen molar-refractivity contribution in [2.75, 3.05) is 19.5 Å². The zero-order chi connectivity index (χ0) is 9.80. The lowest BCUT2D eigenvalue weighted by molar-refractivity contribution is 0.415. The van der Waals surface area contributed by atoms with Crippen LogP contribution in [0.4, 0.5) is 0 Å². The molecule has 2 rings (SSSR count). The molecule has 2 nitrogen and oxygen atoms in total. The molecule has 0 unspecified atom stereocenters. The minimum atomic E-state index is 0.907. The summed E-state index contributed by atoms with van der Waals surface area (Å²) in [5.74, 6) is 1.94. The van der Waals surface area contributed by atoms with E-state index in [4.69, 9.17) is 4.74 Å². The van der Waals surface area contributed by atoms with Crippen molar-refractivity contribution in [3.63, 3.8) is 0 Å². The highest BCUT2D eigenvalue weighted by atomic mass is 32.2. The summed E-state index contributed by atoms with van der Waals surface area (Å²) < 4.78 is 5.10. The Morgan fingerprint density at radius 3 is 2.71 bits per heavy atom.